The molecule has 0 spiro atoms. The van der Waals surface area contributed by atoms with Gasteiger partial charge in [0, 0.05) is 92.7 Å². The van der Waals surface area contributed by atoms with Crippen LogP contribution in [-0.2, 0) is 25.5 Å². The lowest BCUT2D eigenvalue weighted by molar-refractivity contribution is -0.384. The number of anilines is 2. The van der Waals surface area contributed by atoms with E-state index >= 15 is 0 Å². The minimum atomic E-state index is -4.50. The number of Topliss-reactive ketones (excluding diaryl/α,β-unsaturated/α-hetero) is 1. The van der Waals surface area contributed by atoms with E-state index < -0.39 is 54.7 Å². The van der Waals surface area contributed by atoms with Gasteiger partial charge in [0.05, 0.1) is 39.9 Å². The van der Waals surface area contributed by atoms with Gasteiger partial charge in [-0.15, -0.1) is 0 Å². The maximum atomic E-state index is 14.1. The minimum absolute atomic E-state index is 0.0213. The number of aromatic nitrogens is 2. The Bertz CT molecular complexity index is 2950. The Morgan fingerprint density at radius 3 is 2.53 bits per heavy atom. The maximum absolute atomic E-state index is 14.1. The van der Waals surface area contributed by atoms with Crippen molar-refractivity contribution in [2.75, 3.05) is 74.9 Å². The van der Waals surface area contributed by atoms with Gasteiger partial charge in [-0.3, -0.25) is 24.6 Å². The molecule has 3 aliphatic rings. The summed E-state index contributed by atoms with van der Waals surface area (Å²) in [5, 5.41) is 16.1. The van der Waals surface area contributed by atoms with Crippen LogP contribution in [-0.4, -0.2) is 116 Å². The number of alkyl halides is 3. The third-order valence-electron chi connectivity index (χ3n) is 13.1. The van der Waals surface area contributed by atoms with Crippen LogP contribution in [0.1, 0.15) is 68.4 Å². The van der Waals surface area contributed by atoms with Crippen molar-refractivity contribution in [3.63, 3.8) is 0 Å². The molecule has 372 valence electrons. The number of allylic oxidation sites excluding steroid dienone is 1. The third kappa shape index (κ3) is 11.6. The van der Waals surface area contributed by atoms with Crippen molar-refractivity contribution in [2.24, 2.45) is 11.3 Å². The van der Waals surface area contributed by atoms with Crippen LogP contribution in [0.2, 0.25) is 5.02 Å². The summed E-state index contributed by atoms with van der Waals surface area (Å²) in [5.41, 5.74) is 2.77. The average Bonchev–Trinajstić information content (AvgIpc) is 3.79. The van der Waals surface area contributed by atoms with E-state index in [4.69, 9.17) is 21.1 Å². The number of pyridine rings is 1. The molecule has 4 heterocycles. The zero-order chi connectivity index (χ0) is 50.1. The number of aromatic amines is 1. The molecule has 8 rings (SSSR count). The SMILES string of the molecule is CC(C)C(=O)N1CCO[C@@H](CNc2ccc(S(=O)(=O)CC(=O)c3ccc(N4CCN(CC5=C(c6ccc(C(F)(F)F)cc6Cl)CC(C)(C)CC5)CC4)cc3Oc3cnc4[nH]ccc4c3)cc2[N+](=O)[O-])C1. The Labute approximate surface area is 409 Å². The zero-order valence-electron chi connectivity index (χ0n) is 39.3. The summed E-state index contributed by atoms with van der Waals surface area (Å²) in [7, 11) is -4.43. The van der Waals surface area contributed by atoms with Crippen LogP contribution in [0.4, 0.5) is 30.2 Å². The number of amides is 1. The molecular formula is C50H55ClF3N7O8S. The van der Waals surface area contributed by atoms with Crippen LogP contribution in [0.5, 0.6) is 11.5 Å². The number of nitrogens with one attached hydrogen (secondary N) is 2. The number of piperazine rings is 1. The Morgan fingerprint density at radius 2 is 1.81 bits per heavy atom. The van der Waals surface area contributed by atoms with E-state index in [0.29, 0.717) is 75.8 Å². The molecule has 70 heavy (non-hydrogen) atoms. The summed E-state index contributed by atoms with van der Waals surface area (Å²) in [4.78, 5) is 51.4. The lowest BCUT2D eigenvalue weighted by Crippen LogP contribution is -2.49. The Morgan fingerprint density at radius 1 is 1.04 bits per heavy atom. The molecule has 0 bridgehead atoms. The largest absolute Gasteiger partial charge is 0.455 e. The highest BCUT2D eigenvalue weighted by Crippen LogP contribution is 2.46. The highest BCUT2D eigenvalue weighted by atomic mass is 35.5. The van der Waals surface area contributed by atoms with Gasteiger partial charge in [0.1, 0.15) is 28.6 Å². The number of hydrogen-bond acceptors (Lipinski definition) is 12. The maximum Gasteiger partial charge on any atom is 0.416 e. The fraction of sp³-hybridized carbons (Fsp3) is 0.420. The van der Waals surface area contributed by atoms with Gasteiger partial charge in [-0.1, -0.05) is 50.9 Å². The number of ether oxygens (including phenoxy) is 2. The number of carbonyl (C=O) groups excluding carboxylic acids is 2. The molecule has 0 saturated carbocycles. The number of halogens is 4. The number of nitro benzene ring substituents is 1. The molecular weight excluding hydrogens is 951 g/mol. The Hall–Kier alpha value is -6.02. The second-order valence-electron chi connectivity index (χ2n) is 19.2. The van der Waals surface area contributed by atoms with Crippen molar-refractivity contribution in [2.45, 2.75) is 64.1 Å². The van der Waals surface area contributed by atoms with Gasteiger partial charge in [0.2, 0.25) is 5.91 Å². The standard InChI is InChI=1S/C50H55ClF3N7O8S/c1-31(2)48(63)60-19-20-68-37(29-60)27-56-43-10-7-38(24-44(43)61(64)65)70(66,67)30-45(62)40-9-6-35(23-46(40)69-36-21-32-12-14-55-47(32)57-26-36)59-17-15-58(16-18-59)28-33-11-13-49(3,4)25-41(33)39-8-5-34(22-42(39)51)50(52,53)54/h5-10,12,14,21-24,26,31,37,56H,11,13,15-20,25,27-30H2,1-4H3,(H,55,57)/t37-/m0/s1. The molecule has 0 radical (unpaired) electrons. The smallest absolute Gasteiger partial charge is 0.416 e. The number of nitro groups is 1. The highest BCUT2D eigenvalue weighted by molar-refractivity contribution is 7.92. The van der Waals surface area contributed by atoms with Crippen molar-refractivity contribution < 1.29 is 45.6 Å². The van der Waals surface area contributed by atoms with Gasteiger partial charge < -0.3 is 29.6 Å². The number of ketones is 1. The number of sulfone groups is 1. The summed E-state index contributed by atoms with van der Waals surface area (Å²) in [6, 6.07) is 15.5. The van der Waals surface area contributed by atoms with Gasteiger partial charge in [-0.2, -0.15) is 13.2 Å². The molecule has 2 N–H and O–H groups in total. The number of hydrogen-bond donors (Lipinski definition) is 2. The molecule has 15 nitrogen and oxygen atoms in total. The van der Waals surface area contributed by atoms with Gasteiger partial charge >= 0.3 is 6.18 Å². The van der Waals surface area contributed by atoms with E-state index in [9.17, 15) is 41.3 Å². The molecule has 20 heteroatoms. The molecule has 5 aromatic rings. The molecule has 1 amide bonds. The fourth-order valence-corrected chi connectivity index (χ4v) is 10.8. The Balaban J connectivity index is 0.990. The van der Waals surface area contributed by atoms with E-state index in [0.717, 1.165) is 53.3 Å². The summed E-state index contributed by atoms with van der Waals surface area (Å²) >= 11 is 6.54. The topological polar surface area (TPSA) is 180 Å². The monoisotopic (exact) mass is 1010 g/mol. The predicted octanol–water partition coefficient (Wildman–Crippen LogP) is 9.67. The first kappa shape index (κ1) is 50.4. The van der Waals surface area contributed by atoms with E-state index in [-0.39, 0.29) is 45.8 Å². The van der Waals surface area contributed by atoms with Crippen molar-refractivity contribution in [3.05, 3.63) is 117 Å². The van der Waals surface area contributed by atoms with Gasteiger partial charge in [-0.25, -0.2) is 13.4 Å². The van der Waals surface area contributed by atoms with Crippen LogP contribution in [0.3, 0.4) is 0 Å². The van der Waals surface area contributed by atoms with Gasteiger partial charge in [-0.05, 0) is 84.3 Å². The normalized spacial score (nSPS) is 18.1. The van der Waals surface area contributed by atoms with Crippen LogP contribution in [0.25, 0.3) is 16.6 Å². The van der Waals surface area contributed by atoms with Crippen molar-refractivity contribution in [1.29, 1.82) is 0 Å². The van der Waals surface area contributed by atoms with E-state index in [1.165, 1.54) is 30.5 Å². The molecule has 2 aliphatic heterocycles. The highest BCUT2D eigenvalue weighted by Gasteiger charge is 2.35. The fourth-order valence-electron chi connectivity index (χ4n) is 9.26. The first-order valence-corrected chi connectivity index (χ1v) is 25.2. The zero-order valence-corrected chi connectivity index (χ0v) is 40.8. The summed E-state index contributed by atoms with van der Waals surface area (Å²) in [5.74, 6) is -1.64. The summed E-state index contributed by atoms with van der Waals surface area (Å²) in [6.45, 7) is 12.2. The number of nitrogens with zero attached hydrogens (tertiary/aromatic N) is 5. The number of H-pyrrole nitrogens is 1. The quantitative estimate of drug-likeness (QED) is 0.0577. The van der Waals surface area contributed by atoms with Crippen molar-refractivity contribution in [3.8, 4) is 11.5 Å². The first-order valence-electron chi connectivity index (χ1n) is 23.1. The van der Waals surface area contributed by atoms with E-state index in [1.54, 1.807) is 43.1 Å². The molecule has 1 atom stereocenters. The first-order chi connectivity index (χ1) is 33.1. The van der Waals surface area contributed by atoms with Crippen molar-refractivity contribution >= 4 is 66.8 Å². The van der Waals surface area contributed by atoms with Gasteiger partial charge in [0.25, 0.3) is 5.69 Å². The summed E-state index contributed by atoms with van der Waals surface area (Å²) in [6.07, 6.45) is 0.638. The second kappa shape index (κ2) is 20.4. The number of fused-ring (bicyclic) bond motifs is 1. The Kier molecular flexibility index (Phi) is 14.7. The predicted molar refractivity (Wildman–Crippen MR) is 261 cm³/mol. The van der Waals surface area contributed by atoms with Gasteiger partial charge in [0.15, 0.2) is 15.6 Å². The minimum Gasteiger partial charge on any atom is -0.455 e. The molecule has 3 aromatic carbocycles. The molecule has 1 aliphatic carbocycles. The average molecular weight is 1010 g/mol. The summed E-state index contributed by atoms with van der Waals surface area (Å²) < 4.78 is 80.4. The molecule has 0 unspecified atom stereocenters. The molecule has 2 aromatic heterocycles. The second-order valence-corrected chi connectivity index (χ2v) is 21.6. The van der Waals surface area contributed by atoms with E-state index in [1.807, 2.05) is 6.07 Å². The number of carbonyl (C=O) groups is 2. The third-order valence-corrected chi connectivity index (χ3v) is 15.1. The van der Waals surface area contributed by atoms with Crippen LogP contribution >= 0.6 is 11.6 Å². The number of rotatable bonds is 15. The van der Waals surface area contributed by atoms with Crippen LogP contribution in [0.15, 0.2) is 89.6 Å². The lowest BCUT2D eigenvalue weighted by atomic mass is 9.72. The van der Waals surface area contributed by atoms with Crippen LogP contribution in [0, 0.1) is 21.4 Å². The van der Waals surface area contributed by atoms with Crippen molar-refractivity contribution in [1.82, 2.24) is 19.8 Å². The van der Waals surface area contributed by atoms with E-state index in [2.05, 4.69) is 38.9 Å². The lowest BCUT2D eigenvalue weighted by Gasteiger charge is -2.39. The number of benzene rings is 3. The number of morpholine rings is 1. The molecule has 2 saturated heterocycles. The van der Waals surface area contributed by atoms with Crippen LogP contribution < -0.4 is 15.0 Å². The molecule has 2 fully saturated rings.